The number of carbonyl (C=O) groups excluding carboxylic acids is 1. The topological polar surface area (TPSA) is 52.3 Å². The Morgan fingerprint density at radius 2 is 2.17 bits per heavy atom. The molecule has 0 saturated carbocycles. The summed E-state index contributed by atoms with van der Waals surface area (Å²) in [5.74, 6) is -0.618. The molecule has 0 fully saturated rings. The van der Waals surface area contributed by atoms with Gasteiger partial charge in [-0.15, -0.1) is 0 Å². The molecule has 1 unspecified atom stereocenters. The summed E-state index contributed by atoms with van der Waals surface area (Å²) in [7, 11) is 0. The van der Waals surface area contributed by atoms with Crippen molar-refractivity contribution in [1.29, 1.82) is 0 Å². The van der Waals surface area contributed by atoms with Crippen LogP contribution in [0.2, 0.25) is 0 Å². The molecule has 3 nitrogen and oxygen atoms in total. The van der Waals surface area contributed by atoms with E-state index in [2.05, 4.69) is 6.92 Å². The molecule has 0 bridgehead atoms. The molecule has 72 valence electrons. The number of hydrogen-bond donors (Lipinski definition) is 1. The van der Waals surface area contributed by atoms with Crippen LogP contribution in [0.3, 0.4) is 0 Å². The lowest BCUT2D eigenvalue weighted by Crippen LogP contribution is -2.26. The normalized spacial score (nSPS) is 12.8. The maximum absolute atomic E-state index is 10.4. The minimum Gasteiger partial charge on any atom is -0.366 e. The Bertz CT molecular complexity index is 130. The number of primary amides is 1. The number of nitrogens with two attached hydrogens (primary N) is 1. The van der Waals surface area contributed by atoms with Crippen LogP contribution >= 0.6 is 11.6 Å². The second kappa shape index (κ2) is 7.37. The zero-order valence-electron chi connectivity index (χ0n) is 7.38. The highest BCUT2D eigenvalue weighted by atomic mass is 35.5. The van der Waals surface area contributed by atoms with Crippen molar-refractivity contribution in [3.05, 3.63) is 0 Å². The third-order valence-electron chi connectivity index (χ3n) is 1.49. The number of unbranched alkanes of at least 4 members (excludes halogenated alkanes) is 3. The van der Waals surface area contributed by atoms with Gasteiger partial charge in [0.1, 0.15) is 0 Å². The second-order valence-electron chi connectivity index (χ2n) is 2.65. The van der Waals surface area contributed by atoms with Gasteiger partial charge in [0.2, 0.25) is 5.56 Å². The highest BCUT2D eigenvalue weighted by molar-refractivity contribution is 6.29. The van der Waals surface area contributed by atoms with Crippen LogP contribution in [-0.2, 0) is 9.53 Å². The summed E-state index contributed by atoms with van der Waals surface area (Å²) in [5.41, 5.74) is 3.91. The van der Waals surface area contributed by atoms with E-state index in [1.54, 1.807) is 0 Å². The summed E-state index contributed by atoms with van der Waals surface area (Å²) in [4.78, 5) is 10.4. The Kier molecular flexibility index (Phi) is 7.20. The molecule has 0 aliphatic rings. The summed E-state index contributed by atoms with van der Waals surface area (Å²) in [5, 5.41) is 0. The molecular weight excluding hydrogens is 178 g/mol. The molecular formula is C8H16ClNO2. The van der Waals surface area contributed by atoms with Gasteiger partial charge in [0, 0.05) is 6.61 Å². The zero-order valence-corrected chi connectivity index (χ0v) is 8.14. The van der Waals surface area contributed by atoms with Gasteiger partial charge in [0.15, 0.2) is 0 Å². The smallest absolute Gasteiger partial charge is 0.262 e. The van der Waals surface area contributed by atoms with Gasteiger partial charge in [-0.25, -0.2) is 0 Å². The molecule has 0 aliphatic heterocycles. The third kappa shape index (κ3) is 6.43. The van der Waals surface area contributed by atoms with E-state index in [0.717, 1.165) is 12.8 Å². The van der Waals surface area contributed by atoms with E-state index in [1.165, 1.54) is 12.8 Å². The predicted molar refractivity (Wildman–Crippen MR) is 48.9 cm³/mol. The van der Waals surface area contributed by atoms with Crippen LogP contribution in [0.25, 0.3) is 0 Å². The lowest BCUT2D eigenvalue weighted by molar-refractivity contribution is -0.124. The number of carbonyl (C=O) groups is 1. The zero-order chi connectivity index (χ0) is 9.40. The van der Waals surface area contributed by atoms with Crippen LogP contribution in [0, 0.1) is 0 Å². The molecule has 0 rings (SSSR count). The first-order chi connectivity index (χ1) is 5.68. The van der Waals surface area contributed by atoms with Crippen molar-refractivity contribution in [2.75, 3.05) is 6.61 Å². The second-order valence-corrected chi connectivity index (χ2v) is 3.05. The molecule has 0 heterocycles. The Balaban J connectivity index is 3.14. The lowest BCUT2D eigenvalue weighted by atomic mass is 10.2. The molecule has 1 amide bonds. The van der Waals surface area contributed by atoms with Crippen LogP contribution in [0.5, 0.6) is 0 Å². The van der Waals surface area contributed by atoms with Crippen molar-refractivity contribution < 1.29 is 9.53 Å². The highest BCUT2D eigenvalue weighted by Gasteiger charge is 2.09. The molecule has 0 aromatic heterocycles. The van der Waals surface area contributed by atoms with E-state index < -0.39 is 11.5 Å². The standard InChI is InChI=1S/C8H16ClNO2/c1-2-3-4-5-6-12-7(9)8(10)11/h7H,2-6H2,1H3,(H2,10,11). The number of hydrogen-bond acceptors (Lipinski definition) is 2. The van der Waals surface area contributed by atoms with Crippen molar-refractivity contribution in [2.45, 2.75) is 38.2 Å². The number of rotatable bonds is 7. The van der Waals surface area contributed by atoms with Gasteiger partial charge in [-0.2, -0.15) is 0 Å². The molecule has 0 aromatic rings. The maximum Gasteiger partial charge on any atom is 0.262 e. The summed E-state index contributed by atoms with van der Waals surface area (Å²) in [6, 6.07) is 0. The summed E-state index contributed by atoms with van der Waals surface area (Å²) in [6.07, 6.45) is 4.41. The van der Waals surface area contributed by atoms with Crippen molar-refractivity contribution >= 4 is 17.5 Å². The van der Waals surface area contributed by atoms with Crippen molar-refractivity contribution in [3.8, 4) is 0 Å². The summed E-state index contributed by atoms with van der Waals surface area (Å²) < 4.78 is 4.94. The van der Waals surface area contributed by atoms with Crippen LogP contribution < -0.4 is 5.73 Å². The van der Waals surface area contributed by atoms with Crippen LogP contribution in [-0.4, -0.2) is 18.1 Å². The van der Waals surface area contributed by atoms with Crippen molar-refractivity contribution in [1.82, 2.24) is 0 Å². The quantitative estimate of drug-likeness (QED) is 0.494. The number of halogens is 1. The fraction of sp³-hybridized carbons (Fsp3) is 0.875. The predicted octanol–water partition coefficient (Wildman–Crippen LogP) is 1.63. The first kappa shape index (κ1) is 11.7. The van der Waals surface area contributed by atoms with Gasteiger partial charge in [-0.1, -0.05) is 37.8 Å². The maximum atomic E-state index is 10.4. The Morgan fingerprint density at radius 1 is 1.50 bits per heavy atom. The van der Waals surface area contributed by atoms with E-state index >= 15 is 0 Å². The SMILES string of the molecule is CCCCCCOC(Cl)C(N)=O. The monoisotopic (exact) mass is 193 g/mol. The summed E-state index contributed by atoms with van der Waals surface area (Å²) in [6.45, 7) is 2.64. The molecule has 12 heavy (non-hydrogen) atoms. The van der Waals surface area contributed by atoms with Gasteiger partial charge in [0.25, 0.3) is 5.91 Å². The molecule has 4 heteroatoms. The third-order valence-corrected chi connectivity index (χ3v) is 1.83. The van der Waals surface area contributed by atoms with E-state index in [4.69, 9.17) is 22.1 Å². The Morgan fingerprint density at radius 3 is 2.67 bits per heavy atom. The largest absolute Gasteiger partial charge is 0.366 e. The Hall–Kier alpha value is -0.280. The average molecular weight is 194 g/mol. The first-order valence-corrected chi connectivity index (χ1v) is 4.67. The number of alkyl halides is 1. The highest BCUT2D eigenvalue weighted by Crippen LogP contribution is 2.02. The molecule has 0 aliphatic carbocycles. The minimum atomic E-state index is -0.966. The molecule has 0 aromatic carbocycles. The van der Waals surface area contributed by atoms with Crippen LogP contribution in [0.15, 0.2) is 0 Å². The molecule has 1 atom stereocenters. The minimum absolute atomic E-state index is 0.511. The van der Waals surface area contributed by atoms with Gasteiger partial charge < -0.3 is 10.5 Å². The van der Waals surface area contributed by atoms with Gasteiger partial charge >= 0.3 is 0 Å². The van der Waals surface area contributed by atoms with Crippen LogP contribution in [0.1, 0.15) is 32.6 Å². The first-order valence-electron chi connectivity index (χ1n) is 4.23. The van der Waals surface area contributed by atoms with E-state index in [0.29, 0.717) is 6.61 Å². The van der Waals surface area contributed by atoms with Gasteiger partial charge in [-0.3, -0.25) is 4.79 Å². The van der Waals surface area contributed by atoms with Crippen molar-refractivity contribution in [2.24, 2.45) is 5.73 Å². The fourth-order valence-electron chi connectivity index (χ4n) is 0.798. The van der Waals surface area contributed by atoms with E-state index in [1.807, 2.05) is 0 Å². The number of ether oxygens (including phenoxy) is 1. The summed E-state index contributed by atoms with van der Waals surface area (Å²) >= 11 is 5.43. The van der Waals surface area contributed by atoms with Gasteiger partial charge in [0.05, 0.1) is 0 Å². The van der Waals surface area contributed by atoms with E-state index in [9.17, 15) is 4.79 Å². The molecule has 2 N–H and O–H groups in total. The molecule has 0 saturated heterocycles. The van der Waals surface area contributed by atoms with Crippen LogP contribution in [0.4, 0.5) is 0 Å². The molecule has 0 radical (unpaired) electrons. The molecule has 0 spiro atoms. The van der Waals surface area contributed by atoms with Gasteiger partial charge in [-0.05, 0) is 6.42 Å². The van der Waals surface area contributed by atoms with Crippen molar-refractivity contribution in [3.63, 3.8) is 0 Å². The van der Waals surface area contributed by atoms with E-state index in [-0.39, 0.29) is 0 Å². The average Bonchev–Trinajstić information content (AvgIpc) is 2.03. The Labute approximate surface area is 78.2 Å². The lowest BCUT2D eigenvalue weighted by Gasteiger charge is -2.06. The number of amides is 1. The fourth-order valence-corrected chi connectivity index (χ4v) is 0.887.